The number of rotatable bonds is 5. The molecule has 2 unspecified atom stereocenters. The number of fused-ring (bicyclic) bond motifs is 1. The lowest BCUT2D eigenvalue weighted by atomic mass is 10.1. The molecule has 1 fully saturated rings. The second-order valence-corrected chi connectivity index (χ2v) is 8.05. The maximum atomic E-state index is 12.1. The SMILES string of the molecule is CC(C)(C)OC(=O)NC(CNC1CCc2cc(N)ccc21)C1CC1. The summed E-state index contributed by atoms with van der Waals surface area (Å²) in [4.78, 5) is 12.1. The van der Waals surface area contributed by atoms with Gasteiger partial charge in [0.15, 0.2) is 0 Å². The number of ether oxygens (including phenoxy) is 1. The van der Waals surface area contributed by atoms with Crippen LogP contribution in [-0.2, 0) is 11.2 Å². The maximum Gasteiger partial charge on any atom is 0.407 e. The van der Waals surface area contributed by atoms with Gasteiger partial charge in [0, 0.05) is 24.3 Å². The Hall–Kier alpha value is -1.75. The van der Waals surface area contributed by atoms with Crippen molar-refractivity contribution in [3.63, 3.8) is 0 Å². The molecular formula is C19H29N3O2. The largest absolute Gasteiger partial charge is 0.444 e. The monoisotopic (exact) mass is 331 g/mol. The Balaban J connectivity index is 1.55. The van der Waals surface area contributed by atoms with E-state index in [1.165, 1.54) is 24.0 Å². The van der Waals surface area contributed by atoms with Gasteiger partial charge >= 0.3 is 6.09 Å². The first-order chi connectivity index (χ1) is 11.3. The molecule has 3 rings (SSSR count). The summed E-state index contributed by atoms with van der Waals surface area (Å²) in [5.41, 5.74) is 8.92. The van der Waals surface area contributed by atoms with E-state index in [2.05, 4.69) is 22.8 Å². The third-order valence-electron chi connectivity index (χ3n) is 4.72. The van der Waals surface area contributed by atoms with Gasteiger partial charge in [0.05, 0.1) is 0 Å². The van der Waals surface area contributed by atoms with Crippen LogP contribution in [0.3, 0.4) is 0 Å². The van der Waals surface area contributed by atoms with Gasteiger partial charge in [0.1, 0.15) is 5.60 Å². The first kappa shape index (κ1) is 17.1. The van der Waals surface area contributed by atoms with Crippen molar-refractivity contribution in [3.05, 3.63) is 29.3 Å². The van der Waals surface area contributed by atoms with Gasteiger partial charge in [0.25, 0.3) is 0 Å². The van der Waals surface area contributed by atoms with Crippen LogP contribution in [0.2, 0.25) is 0 Å². The molecule has 0 heterocycles. The summed E-state index contributed by atoms with van der Waals surface area (Å²) in [6, 6.07) is 6.66. The summed E-state index contributed by atoms with van der Waals surface area (Å²) in [5, 5.41) is 6.68. The highest BCUT2D eigenvalue weighted by atomic mass is 16.6. The van der Waals surface area contributed by atoms with Crippen molar-refractivity contribution in [1.29, 1.82) is 0 Å². The highest BCUT2D eigenvalue weighted by Crippen LogP contribution is 2.35. The van der Waals surface area contributed by atoms with Crippen molar-refractivity contribution in [2.24, 2.45) is 5.92 Å². The smallest absolute Gasteiger partial charge is 0.407 e. The minimum atomic E-state index is -0.462. The fraction of sp³-hybridized carbons (Fsp3) is 0.632. The Morgan fingerprint density at radius 3 is 2.75 bits per heavy atom. The molecule has 132 valence electrons. The van der Waals surface area contributed by atoms with Crippen LogP contribution in [0.15, 0.2) is 18.2 Å². The lowest BCUT2D eigenvalue weighted by Gasteiger charge is -2.25. The summed E-state index contributed by atoms with van der Waals surface area (Å²) in [6.45, 7) is 6.44. The van der Waals surface area contributed by atoms with Crippen molar-refractivity contribution in [2.75, 3.05) is 12.3 Å². The predicted molar refractivity (Wildman–Crippen MR) is 95.8 cm³/mol. The molecule has 24 heavy (non-hydrogen) atoms. The van der Waals surface area contributed by atoms with Crippen LogP contribution in [0.1, 0.15) is 57.2 Å². The Morgan fingerprint density at radius 2 is 2.08 bits per heavy atom. The van der Waals surface area contributed by atoms with Gasteiger partial charge in [0.2, 0.25) is 0 Å². The van der Waals surface area contributed by atoms with E-state index in [0.717, 1.165) is 25.1 Å². The lowest BCUT2D eigenvalue weighted by molar-refractivity contribution is 0.0496. The Morgan fingerprint density at radius 1 is 1.33 bits per heavy atom. The second-order valence-electron chi connectivity index (χ2n) is 8.05. The van der Waals surface area contributed by atoms with Gasteiger partial charge in [-0.05, 0) is 75.6 Å². The fourth-order valence-electron chi connectivity index (χ4n) is 3.41. The van der Waals surface area contributed by atoms with E-state index in [1.807, 2.05) is 26.8 Å². The topological polar surface area (TPSA) is 76.4 Å². The zero-order valence-corrected chi connectivity index (χ0v) is 14.9. The van der Waals surface area contributed by atoms with Gasteiger partial charge in [-0.2, -0.15) is 0 Å². The molecule has 0 saturated heterocycles. The van der Waals surface area contributed by atoms with E-state index in [-0.39, 0.29) is 12.1 Å². The standard InChI is InChI=1S/C19H29N3O2/c1-19(2,3)24-18(23)22-17(12-4-5-12)11-21-16-9-6-13-10-14(20)7-8-15(13)16/h7-8,10,12,16-17,21H,4-6,9,11,20H2,1-3H3,(H,22,23). The van der Waals surface area contributed by atoms with E-state index in [0.29, 0.717) is 12.0 Å². The molecule has 2 aliphatic carbocycles. The molecule has 4 N–H and O–H groups in total. The molecule has 1 amide bonds. The van der Waals surface area contributed by atoms with Crippen LogP contribution in [-0.4, -0.2) is 24.3 Å². The molecule has 1 saturated carbocycles. The molecule has 0 spiro atoms. The summed E-state index contributed by atoms with van der Waals surface area (Å²) in [5.74, 6) is 0.567. The highest BCUT2D eigenvalue weighted by molar-refractivity contribution is 5.68. The summed E-state index contributed by atoms with van der Waals surface area (Å²) >= 11 is 0. The minimum Gasteiger partial charge on any atom is -0.444 e. The van der Waals surface area contributed by atoms with E-state index >= 15 is 0 Å². The number of nitrogens with one attached hydrogen (secondary N) is 2. The number of carbonyl (C=O) groups is 1. The van der Waals surface area contributed by atoms with E-state index in [1.54, 1.807) is 0 Å². The number of alkyl carbamates (subject to hydrolysis) is 1. The Bertz CT molecular complexity index is 605. The fourth-order valence-corrected chi connectivity index (χ4v) is 3.41. The Labute approximate surface area is 144 Å². The molecule has 0 aliphatic heterocycles. The van der Waals surface area contributed by atoms with Crippen molar-refractivity contribution in [3.8, 4) is 0 Å². The number of carbonyl (C=O) groups excluding carboxylic acids is 1. The molecule has 5 nitrogen and oxygen atoms in total. The molecule has 2 atom stereocenters. The Kier molecular flexibility index (Phi) is 4.72. The number of hydrogen-bond donors (Lipinski definition) is 3. The quantitative estimate of drug-likeness (QED) is 0.725. The van der Waals surface area contributed by atoms with E-state index in [9.17, 15) is 4.79 Å². The number of amides is 1. The lowest BCUT2D eigenvalue weighted by Crippen LogP contribution is -2.46. The van der Waals surface area contributed by atoms with Crippen molar-refractivity contribution < 1.29 is 9.53 Å². The average Bonchev–Trinajstić information content (AvgIpc) is 3.23. The van der Waals surface area contributed by atoms with Crippen LogP contribution in [0, 0.1) is 5.92 Å². The average molecular weight is 331 g/mol. The number of benzene rings is 1. The van der Waals surface area contributed by atoms with E-state index < -0.39 is 5.60 Å². The van der Waals surface area contributed by atoms with Gasteiger partial charge in [-0.15, -0.1) is 0 Å². The van der Waals surface area contributed by atoms with Gasteiger partial charge in [-0.1, -0.05) is 6.07 Å². The van der Waals surface area contributed by atoms with Crippen molar-refractivity contribution in [1.82, 2.24) is 10.6 Å². The maximum absolute atomic E-state index is 12.1. The van der Waals surface area contributed by atoms with Crippen LogP contribution < -0.4 is 16.4 Å². The van der Waals surface area contributed by atoms with Crippen LogP contribution >= 0.6 is 0 Å². The summed E-state index contributed by atoms with van der Waals surface area (Å²) < 4.78 is 5.40. The first-order valence-electron chi connectivity index (χ1n) is 8.93. The van der Waals surface area contributed by atoms with Gasteiger partial charge in [-0.3, -0.25) is 0 Å². The van der Waals surface area contributed by atoms with Crippen LogP contribution in [0.5, 0.6) is 0 Å². The molecule has 0 radical (unpaired) electrons. The first-order valence-corrected chi connectivity index (χ1v) is 8.93. The number of anilines is 1. The number of hydrogen-bond acceptors (Lipinski definition) is 4. The summed E-state index contributed by atoms with van der Waals surface area (Å²) in [7, 11) is 0. The van der Waals surface area contributed by atoms with E-state index in [4.69, 9.17) is 10.5 Å². The van der Waals surface area contributed by atoms with Crippen LogP contribution in [0.25, 0.3) is 0 Å². The molecule has 5 heteroatoms. The molecule has 1 aromatic carbocycles. The zero-order chi connectivity index (χ0) is 17.3. The third-order valence-corrected chi connectivity index (χ3v) is 4.72. The van der Waals surface area contributed by atoms with Crippen molar-refractivity contribution in [2.45, 2.75) is 64.1 Å². The third kappa shape index (κ3) is 4.41. The molecule has 0 aromatic heterocycles. The molecular weight excluding hydrogens is 302 g/mol. The number of aryl methyl sites for hydroxylation is 1. The van der Waals surface area contributed by atoms with Crippen molar-refractivity contribution >= 4 is 11.8 Å². The number of nitrogen functional groups attached to an aromatic ring is 1. The number of nitrogens with two attached hydrogens (primary N) is 1. The minimum absolute atomic E-state index is 0.137. The summed E-state index contributed by atoms with van der Waals surface area (Å²) in [6.07, 6.45) is 4.19. The zero-order valence-electron chi connectivity index (χ0n) is 14.9. The second kappa shape index (κ2) is 6.63. The highest BCUT2D eigenvalue weighted by Gasteiger charge is 2.34. The van der Waals surface area contributed by atoms with Gasteiger partial charge in [-0.25, -0.2) is 4.79 Å². The predicted octanol–water partition coefficient (Wildman–Crippen LogP) is 3.15. The molecule has 0 bridgehead atoms. The normalized spacial score (nSPS) is 21.2. The molecule has 1 aromatic rings. The molecule has 2 aliphatic rings. The van der Waals surface area contributed by atoms with Crippen LogP contribution in [0.4, 0.5) is 10.5 Å². The van der Waals surface area contributed by atoms with Gasteiger partial charge < -0.3 is 21.1 Å².